The number of hydrogen-bond acceptors (Lipinski definition) is 6. The average Bonchev–Trinajstić information content (AvgIpc) is 3.31. The van der Waals surface area contributed by atoms with Gasteiger partial charge in [-0.2, -0.15) is 0 Å². The summed E-state index contributed by atoms with van der Waals surface area (Å²) in [5.41, 5.74) is 2.17. The molecule has 0 bridgehead atoms. The number of carbonyl (C=O) groups excluding carboxylic acids is 1. The lowest BCUT2D eigenvalue weighted by atomic mass is 9.85. The molecule has 148 valence electrons. The molecule has 1 N–H and O–H groups in total. The third-order valence-electron chi connectivity index (χ3n) is 5.07. The van der Waals surface area contributed by atoms with Crippen LogP contribution in [0.25, 0.3) is 0 Å². The highest BCUT2D eigenvalue weighted by atomic mass is 16.5. The van der Waals surface area contributed by atoms with Gasteiger partial charge in [-0.3, -0.25) is 4.79 Å². The summed E-state index contributed by atoms with van der Waals surface area (Å²) in [6.07, 6.45) is 4.31. The summed E-state index contributed by atoms with van der Waals surface area (Å²) >= 11 is 0. The number of Topliss-reactive ketones (excluding diaryl/α,β-unsaturated/α-hetero) is 1. The molecule has 0 aliphatic heterocycles. The Kier molecular flexibility index (Phi) is 4.73. The fourth-order valence-corrected chi connectivity index (χ4v) is 3.59. The van der Waals surface area contributed by atoms with Crippen molar-refractivity contribution in [2.75, 3.05) is 5.32 Å². The van der Waals surface area contributed by atoms with Crippen molar-refractivity contribution in [1.29, 1.82) is 0 Å². The highest BCUT2D eigenvalue weighted by Gasteiger charge is 2.29. The van der Waals surface area contributed by atoms with E-state index < -0.39 is 0 Å². The highest BCUT2D eigenvalue weighted by Crippen LogP contribution is 2.32. The van der Waals surface area contributed by atoms with Gasteiger partial charge in [-0.15, -0.1) is 0 Å². The molecule has 2 heterocycles. The van der Waals surface area contributed by atoms with Crippen molar-refractivity contribution < 1.29 is 13.9 Å². The molecule has 0 unspecified atom stereocenters. The summed E-state index contributed by atoms with van der Waals surface area (Å²) in [5, 5.41) is 3.20. The lowest BCUT2D eigenvalue weighted by molar-refractivity contribution is 0.0958. The van der Waals surface area contributed by atoms with Crippen LogP contribution in [0.4, 0.5) is 11.6 Å². The molecule has 4 aromatic rings. The minimum absolute atomic E-state index is 0.0113. The van der Waals surface area contributed by atoms with E-state index in [4.69, 9.17) is 9.15 Å². The van der Waals surface area contributed by atoms with Crippen molar-refractivity contribution in [3.63, 3.8) is 0 Å². The van der Waals surface area contributed by atoms with E-state index in [2.05, 4.69) is 15.3 Å². The summed E-state index contributed by atoms with van der Waals surface area (Å²) < 4.78 is 11.3. The van der Waals surface area contributed by atoms with Crippen molar-refractivity contribution in [1.82, 2.24) is 9.97 Å². The smallest absolute Gasteiger partial charge is 0.227 e. The lowest BCUT2D eigenvalue weighted by Crippen LogP contribution is -2.20. The lowest BCUT2D eigenvalue weighted by Gasteiger charge is -2.21. The number of furan rings is 1. The van der Waals surface area contributed by atoms with Gasteiger partial charge in [-0.1, -0.05) is 18.2 Å². The molecule has 1 aliphatic carbocycles. The number of anilines is 2. The maximum atomic E-state index is 12.5. The van der Waals surface area contributed by atoms with Crippen LogP contribution >= 0.6 is 0 Å². The molecule has 2 aromatic heterocycles. The third kappa shape index (κ3) is 3.80. The van der Waals surface area contributed by atoms with Gasteiger partial charge in [0.2, 0.25) is 5.95 Å². The van der Waals surface area contributed by atoms with Gasteiger partial charge in [-0.25, -0.2) is 9.97 Å². The Morgan fingerprint density at radius 2 is 1.73 bits per heavy atom. The first-order valence-electron chi connectivity index (χ1n) is 9.77. The van der Waals surface area contributed by atoms with E-state index >= 15 is 0 Å². The highest BCUT2D eigenvalue weighted by molar-refractivity contribution is 5.98. The predicted molar refractivity (Wildman–Crippen MR) is 112 cm³/mol. The number of aromatic nitrogens is 2. The number of ether oxygens (including phenoxy) is 1. The van der Waals surface area contributed by atoms with Crippen LogP contribution in [0, 0.1) is 0 Å². The van der Waals surface area contributed by atoms with Crippen molar-refractivity contribution in [3.8, 4) is 11.5 Å². The van der Waals surface area contributed by atoms with Crippen molar-refractivity contribution in [2.45, 2.75) is 18.8 Å². The van der Waals surface area contributed by atoms with Crippen LogP contribution in [-0.2, 0) is 6.42 Å². The first kappa shape index (κ1) is 18.1. The fraction of sp³-hybridized carbons (Fsp3) is 0.125. The Bertz CT molecular complexity index is 1160. The number of benzene rings is 2. The van der Waals surface area contributed by atoms with E-state index in [1.54, 1.807) is 12.5 Å². The van der Waals surface area contributed by atoms with E-state index in [1.807, 2.05) is 66.7 Å². The van der Waals surface area contributed by atoms with Crippen LogP contribution in [-0.4, -0.2) is 15.8 Å². The molecule has 0 fully saturated rings. The van der Waals surface area contributed by atoms with E-state index in [-0.39, 0.29) is 11.7 Å². The summed E-state index contributed by atoms with van der Waals surface area (Å²) in [4.78, 5) is 21.4. The van der Waals surface area contributed by atoms with Crippen molar-refractivity contribution in [3.05, 3.63) is 96.2 Å². The van der Waals surface area contributed by atoms with Crippen LogP contribution in [0.15, 0.2) is 83.6 Å². The zero-order chi connectivity index (χ0) is 20.3. The number of carbonyl (C=O) groups is 1. The van der Waals surface area contributed by atoms with Crippen molar-refractivity contribution in [2.24, 2.45) is 0 Å². The number of para-hydroxylation sites is 1. The minimum atomic E-state index is 0.0113. The van der Waals surface area contributed by atoms with Crippen LogP contribution < -0.4 is 10.1 Å². The summed E-state index contributed by atoms with van der Waals surface area (Å²) in [6, 6.07) is 20.9. The number of nitrogens with one attached hydrogen (secondary N) is 1. The second-order valence-electron chi connectivity index (χ2n) is 7.16. The van der Waals surface area contributed by atoms with E-state index in [1.165, 1.54) is 0 Å². The molecule has 1 atom stereocenters. The van der Waals surface area contributed by atoms with E-state index in [0.717, 1.165) is 28.6 Å². The molecule has 0 saturated carbocycles. The first-order valence-corrected chi connectivity index (χ1v) is 9.77. The molecule has 2 aromatic carbocycles. The molecule has 0 spiro atoms. The Balaban J connectivity index is 1.31. The number of rotatable bonds is 5. The normalized spacial score (nSPS) is 15.5. The van der Waals surface area contributed by atoms with Crippen LogP contribution in [0.5, 0.6) is 11.5 Å². The SMILES string of the molecule is O=C1C[C@H](c2ccco2)Cc2nc(Nc3ccc(Oc4ccccc4)cc3)ncc21. The Hall–Kier alpha value is -3.93. The molecule has 5 rings (SSSR count). The monoisotopic (exact) mass is 397 g/mol. The van der Waals surface area contributed by atoms with Crippen LogP contribution in [0.1, 0.15) is 34.2 Å². The molecule has 0 radical (unpaired) electrons. The largest absolute Gasteiger partial charge is 0.469 e. The quantitative estimate of drug-likeness (QED) is 0.478. The Labute approximate surface area is 173 Å². The maximum Gasteiger partial charge on any atom is 0.227 e. The van der Waals surface area contributed by atoms with Gasteiger partial charge in [0, 0.05) is 30.6 Å². The first-order chi connectivity index (χ1) is 14.7. The van der Waals surface area contributed by atoms with Gasteiger partial charge in [0.05, 0.1) is 17.5 Å². The van der Waals surface area contributed by atoms with Gasteiger partial charge >= 0.3 is 0 Å². The van der Waals surface area contributed by atoms with Crippen LogP contribution in [0.3, 0.4) is 0 Å². The summed E-state index contributed by atoms with van der Waals surface area (Å²) in [7, 11) is 0. The van der Waals surface area contributed by atoms with Crippen molar-refractivity contribution >= 4 is 17.4 Å². The molecule has 6 nitrogen and oxygen atoms in total. The van der Waals surface area contributed by atoms with Gasteiger partial charge in [0.1, 0.15) is 17.3 Å². The molecule has 0 amide bonds. The standard InChI is InChI=1S/C24H19N3O3/c28-22-14-16(23-7-4-12-29-23)13-21-20(22)15-25-24(27-21)26-17-8-10-19(11-9-17)30-18-5-2-1-3-6-18/h1-12,15-16H,13-14H2,(H,25,26,27)/t16-/m1/s1. The zero-order valence-corrected chi connectivity index (χ0v) is 16.1. The molecule has 0 saturated heterocycles. The van der Waals surface area contributed by atoms with Gasteiger partial charge in [-0.05, 0) is 48.5 Å². The van der Waals surface area contributed by atoms with Gasteiger partial charge in [0.25, 0.3) is 0 Å². The van der Waals surface area contributed by atoms with Crippen LogP contribution in [0.2, 0.25) is 0 Å². The number of hydrogen-bond donors (Lipinski definition) is 1. The number of nitrogens with zero attached hydrogens (tertiary/aromatic N) is 2. The number of ketones is 1. The third-order valence-corrected chi connectivity index (χ3v) is 5.07. The predicted octanol–water partition coefficient (Wildman–Crippen LogP) is 5.52. The molecule has 30 heavy (non-hydrogen) atoms. The summed E-state index contributed by atoms with van der Waals surface area (Å²) in [5.74, 6) is 2.86. The second kappa shape index (κ2) is 7.83. The Morgan fingerprint density at radius 1 is 0.933 bits per heavy atom. The van der Waals surface area contributed by atoms with E-state index in [9.17, 15) is 4.79 Å². The topological polar surface area (TPSA) is 77.2 Å². The molecule has 1 aliphatic rings. The number of fused-ring (bicyclic) bond motifs is 1. The average molecular weight is 397 g/mol. The Morgan fingerprint density at radius 3 is 2.50 bits per heavy atom. The zero-order valence-electron chi connectivity index (χ0n) is 16.1. The molecule has 6 heteroatoms. The van der Waals surface area contributed by atoms with Gasteiger partial charge < -0.3 is 14.5 Å². The summed E-state index contributed by atoms with van der Waals surface area (Å²) in [6.45, 7) is 0. The molecular weight excluding hydrogens is 378 g/mol. The minimum Gasteiger partial charge on any atom is -0.469 e. The second-order valence-corrected chi connectivity index (χ2v) is 7.16. The molecular formula is C24H19N3O3. The fourth-order valence-electron chi connectivity index (χ4n) is 3.59. The maximum absolute atomic E-state index is 12.5. The van der Waals surface area contributed by atoms with E-state index in [0.29, 0.717) is 24.4 Å². The van der Waals surface area contributed by atoms with Gasteiger partial charge in [0.15, 0.2) is 5.78 Å².